The molecule has 10 heavy (non-hydrogen) atoms. The summed E-state index contributed by atoms with van der Waals surface area (Å²) in [6, 6.07) is -0.706. The Morgan fingerprint density at radius 3 is 2.70 bits per heavy atom. The minimum absolute atomic E-state index is 0.0984. The Morgan fingerprint density at radius 2 is 2.30 bits per heavy atom. The molecule has 0 aliphatic rings. The lowest BCUT2D eigenvalue weighted by molar-refractivity contribution is 0.244. The van der Waals surface area contributed by atoms with Crippen LogP contribution >= 0.6 is 12.2 Å². The molecule has 0 spiro atoms. The van der Waals surface area contributed by atoms with Gasteiger partial charge in [0.1, 0.15) is 0 Å². The number of primary amides is 1. The van der Waals surface area contributed by atoms with Gasteiger partial charge in [-0.25, -0.2) is 10.2 Å². The number of thiocarbonyl (C=S) groups is 1. The van der Waals surface area contributed by atoms with Crippen LogP contribution in [-0.4, -0.2) is 17.8 Å². The van der Waals surface area contributed by atoms with E-state index in [1.54, 1.807) is 6.92 Å². The first-order valence-corrected chi connectivity index (χ1v) is 3.06. The Kier molecular flexibility index (Phi) is 4.30. The molecule has 0 saturated carbocycles. The fourth-order valence-electron chi connectivity index (χ4n) is 0.280. The van der Waals surface area contributed by atoms with Crippen molar-refractivity contribution in [3.63, 3.8) is 0 Å². The third-order valence-corrected chi connectivity index (χ3v) is 0.783. The van der Waals surface area contributed by atoms with Crippen LogP contribution in [0.1, 0.15) is 6.92 Å². The highest BCUT2D eigenvalue weighted by molar-refractivity contribution is 7.80. The van der Waals surface area contributed by atoms with Crippen LogP contribution < -0.4 is 16.6 Å². The Hall–Kier alpha value is -1.04. The summed E-state index contributed by atoms with van der Waals surface area (Å²) in [4.78, 5) is 10.0. The molecule has 0 aromatic rings. The molecule has 0 radical (unpaired) electrons. The highest BCUT2D eigenvalue weighted by Gasteiger charge is 1.93. The molecule has 0 aromatic carbocycles. The number of hydrazine groups is 1. The van der Waals surface area contributed by atoms with Crippen molar-refractivity contribution in [2.45, 2.75) is 6.92 Å². The molecule has 0 atom stereocenters. The number of hydrogen-bond acceptors (Lipinski definition) is 3. The van der Waals surface area contributed by atoms with Crippen molar-refractivity contribution < 1.29 is 9.53 Å². The van der Waals surface area contributed by atoms with Gasteiger partial charge in [0, 0.05) is 0 Å². The van der Waals surface area contributed by atoms with Crippen molar-refractivity contribution in [3.05, 3.63) is 0 Å². The van der Waals surface area contributed by atoms with Gasteiger partial charge in [-0.05, 0) is 19.1 Å². The van der Waals surface area contributed by atoms with Crippen molar-refractivity contribution in [1.82, 2.24) is 10.9 Å². The largest absolute Gasteiger partial charge is 0.470 e. The maximum Gasteiger partial charge on any atom is 0.330 e. The third kappa shape index (κ3) is 5.10. The number of ether oxygens (including phenoxy) is 1. The van der Waals surface area contributed by atoms with Crippen LogP contribution in [0.4, 0.5) is 4.79 Å². The fourth-order valence-corrected chi connectivity index (χ4v) is 0.449. The van der Waals surface area contributed by atoms with E-state index in [4.69, 9.17) is 10.5 Å². The predicted molar refractivity (Wildman–Crippen MR) is 40.1 cm³/mol. The van der Waals surface area contributed by atoms with Crippen molar-refractivity contribution in [2.75, 3.05) is 6.61 Å². The van der Waals surface area contributed by atoms with Gasteiger partial charge in [0.2, 0.25) is 0 Å². The van der Waals surface area contributed by atoms with Crippen LogP contribution in [0.15, 0.2) is 0 Å². The summed E-state index contributed by atoms with van der Waals surface area (Å²) < 4.78 is 4.74. The minimum atomic E-state index is -0.706. The molecule has 6 heteroatoms. The SMILES string of the molecule is CCOC(=S)NNC(N)=O. The molecule has 0 aliphatic carbocycles. The van der Waals surface area contributed by atoms with Gasteiger partial charge in [0.05, 0.1) is 6.61 Å². The molecule has 0 fully saturated rings. The van der Waals surface area contributed by atoms with Gasteiger partial charge in [-0.2, -0.15) is 0 Å². The molecule has 0 unspecified atom stereocenters. The molecule has 0 aromatic heterocycles. The van der Waals surface area contributed by atoms with Crippen LogP contribution in [0.3, 0.4) is 0 Å². The number of nitrogens with two attached hydrogens (primary N) is 1. The number of nitrogens with one attached hydrogen (secondary N) is 2. The summed E-state index contributed by atoms with van der Waals surface area (Å²) in [5.41, 5.74) is 9.03. The monoisotopic (exact) mass is 163 g/mol. The molecule has 2 amide bonds. The van der Waals surface area contributed by atoms with Crippen LogP contribution in [0.25, 0.3) is 0 Å². The second-order valence-electron chi connectivity index (χ2n) is 1.33. The molecular formula is C4H9N3O2S. The van der Waals surface area contributed by atoms with E-state index in [1.165, 1.54) is 0 Å². The van der Waals surface area contributed by atoms with Gasteiger partial charge in [-0.15, -0.1) is 0 Å². The molecule has 0 rings (SSSR count). The van der Waals surface area contributed by atoms with E-state index in [2.05, 4.69) is 23.1 Å². The number of amides is 2. The second kappa shape index (κ2) is 4.80. The molecule has 0 heterocycles. The standard InChI is InChI=1S/C4H9N3O2S/c1-2-9-4(10)7-6-3(5)8/h2H2,1H3,(H,7,10)(H3,5,6,8). The van der Waals surface area contributed by atoms with Crippen molar-refractivity contribution >= 4 is 23.4 Å². The quantitative estimate of drug-likeness (QED) is 0.359. The lowest BCUT2D eigenvalue weighted by Gasteiger charge is -2.06. The van der Waals surface area contributed by atoms with E-state index in [-0.39, 0.29) is 5.17 Å². The Morgan fingerprint density at radius 1 is 1.70 bits per heavy atom. The molecule has 0 aliphatic heterocycles. The lowest BCUT2D eigenvalue weighted by Crippen LogP contribution is -2.44. The predicted octanol–water partition coefficient (Wildman–Crippen LogP) is -0.519. The van der Waals surface area contributed by atoms with Crippen LogP contribution in [0, 0.1) is 0 Å². The van der Waals surface area contributed by atoms with Crippen molar-refractivity contribution in [3.8, 4) is 0 Å². The zero-order valence-electron chi connectivity index (χ0n) is 5.51. The van der Waals surface area contributed by atoms with Crippen molar-refractivity contribution in [1.29, 1.82) is 0 Å². The van der Waals surface area contributed by atoms with Gasteiger partial charge in [0.15, 0.2) is 0 Å². The molecule has 4 N–H and O–H groups in total. The summed E-state index contributed by atoms with van der Waals surface area (Å²) in [6.45, 7) is 2.23. The molecule has 5 nitrogen and oxygen atoms in total. The van der Waals surface area contributed by atoms with E-state index < -0.39 is 6.03 Å². The smallest absolute Gasteiger partial charge is 0.330 e. The molecule has 0 bridgehead atoms. The van der Waals surface area contributed by atoms with E-state index in [9.17, 15) is 4.79 Å². The number of carbonyl (C=O) groups is 1. The number of rotatable bonds is 1. The van der Waals surface area contributed by atoms with E-state index in [0.717, 1.165) is 0 Å². The first kappa shape index (κ1) is 8.96. The third-order valence-electron chi connectivity index (χ3n) is 0.563. The summed E-state index contributed by atoms with van der Waals surface area (Å²) in [6.07, 6.45) is 0. The van der Waals surface area contributed by atoms with Gasteiger partial charge in [-0.1, -0.05) is 0 Å². The normalized spacial score (nSPS) is 8.10. The summed E-state index contributed by atoms with van der Waals surface area (Å²) in [5, 5.41) is 0.0984. The van der Waals surface area contributed by atoms with Gasteiger partial charge >= 0.3 is 6.03 Å². The molecule has 0 saturated heterocycles. The van der Waals surface area contributed by atoms with E-state index in [0.29, 0.717) is 6.61 Å². The highest BCUT2D eigenvalue weighted by Crippen LogP contribution is 1.73. The Balaban J connectivity index is 3.30. The van der Waals surface area contributed by atoms with Crippen molar-refractivity contribution in [2.24, 2.45) is 5.73 Å². The zero-order valence-corrected chi connectivity index (χ0v) is 6.33. The minimum Gasteiger partial charge on any atom is -0.470 e. The number of carbonyl (C=O) groups excluding carboxylic acids is 1. The van der Waals surface area contributed by atoms with Crippen LogP contribution in [0.5, 0.6) is 0 Å². The summed E-state index contributed by atoms with van der Waals surface area (Å²) in [7, 11) is 0. The highest BCUT2D eigenvalue weighted by atomic mass is 32.1. The zero-order chi connectivity index (χ0) is 7.98. The van der Waals surface area contributed by atoms with E-state index >= 15 is 0 Å². The van der Waals surface area contributed by atoms with E-state index in [1.807, 2.05) is 0 Å². The lowest BCUT2D eigenvalue weighted by atomic mass is 10.9. The Bertz CT molecular complexity index is 138. The van der Waals surface area contributed by atoms with Gasteiger partial charge < -0.3 is 10.5 Å². The van der Waals surface area contributed by atoms with Crippen LogP contribution in [0.2, 0.25) is 0 Å². The maximum absolute atomic E-state index is 10.0. The van der Waals surface area contributed by atoms with Gasteiger partial charge in [0.25, 0.3) is 5.17 Å². The summed E-state index contributed by atoms with van der Waals surface area (Å²) in [5.74, 6) is 0. The average molecular weight is 163 g/mol. The first-order valence-electron chi connectivity index (χ1n) is 2.65. The number of hydrogen-bond donors (Lipinski definition) is 3. The first-order chi connectivity index (χ1) is 4.66. The van der Waals surface area contributed by atoms with Gasteiger partial charge in [-0.3, -0.25) is 5.43 Å². The second-order valence-corrected chi connectivity index (χ2v) is 1.71. The molecular weight excluding hydrogens is 154 g/mol. The fraction of sp³-hybridized carbons (Fsp3) is 0.500. The summed E-state index contributed by atoms with van der Waals surface area (Å²) >= 11 is 4.57. The maximum atomic E-state index is 10.0. The molecule has 58 valence electrons. The number of urea groups is 1. The average Bonchev–Trinajstić information content (AvgIpc) is 1.85. The van der Waals surface area contributed by atoms with Crippen LogP contribution in [-0.2, 0) is 4.74 Å². The Labute approximate surface area is 63.9 Å². The topological polar surface area (TPSA) is 76.4 Å².